The van der Waals surface area contributed by atoms with Crippen LogP contribution in [0, 0.1) is 0 Å². The minimum Gasteiger partial charge on any atom is -0.384 e. The van der Waals surface area contributed by atoms with Crippen LogP contribution in [0.15, 0.2) is 24.3 Å². The molecule has 1 fully saturated rings. The first-order chi connectivity index (χ1) is 9.08. The van der Waals surface area contributed by atoms with Gasteiger partial charge >= 0.3 is 0 Å². The predicted molar refractivity (Wildman–Crippen MR) is 75.5 cm³/mol. The number of methoxy groups -OCH3 is 1. The van der Waals surface area contributed by atoms with E-state index in [1.807, 2.05) is 24.3 Å². The maximum absolute atomic E-state index is 12.3. The number of nitrogens with two attached hydrogens (primary N) is 1. The highest BCUT2D eigenvalue weighted by Crippen LogP contribution is 2.34. The van der Waals surface area contributed by atoms with Crippen molar-refractivity contribution in [1.82, 2.24) is 0 Å². The molecule has 0 amide bonds. The third-order valence-electron chi connectivity index (χ3n) is 3.15. The predicted octanol–water partition coefficient (Wildman–Crippen LogP) is 1.09. The highest BCUT2D eigenvalue weighted by Gasteiger charge is 2.37. The lowest BCUT2D eigenvalue weighted by Gasteiger charge is -2.24. The molecule has 0 atom stereocenters. The maximum Gasteiger partial charge on any atom is 0.237 e. The number of nitrogens with zero attached hydrogens (tertiary/aromatic N) is 1. The molecule has 0 unspecified atom stereocenters. The lowest BCUT2D eigenvalue weighted by atomic mass is 10.2. The third-order valence-corrected chi connectivity index (χ3v) is 4.94. The average molecular weight is 284 g/mol. The monoisotopic (exact) mass is 284 g/mol. The second kappa shape index (κ2) is 5.90. The van der Waals surface area contributed by atoms with Gasteiger partial charge in [-0.05, 0) is 30.5 Å². The lowest BCUT2D eigenvalue weighted by molar-refractivity contribution is 0.217. The van der Waals surface area contributed by atoms with E-state index in [1.54, 1.807) is 0 Å². The van der Waals surface area contributed by atoms with E-state index in [4.69, 9.17) is 10.5 Å². The van der Waals surface area contributed by atoms with Crippen molar-refractivity contribution in [1.29, 1.82) is 0 Å². The molecule has 0 aromatic heterocycles. The second-order valence-corrected chi connectivity index (χ2v) is 6.67. The van der Waals surface area contributed by atoms with E-state index in [1.165, 1.54) is 11.4 Å². The highest BCUT2D eigenvalue weighted by atomic mass is 32.2. The standard InChI is InChI=1S/C13H20N2O3S/c1-18-8-9-19(16,17)15(13-6-7-13)12-4-2-11(10-14)3-5-12/h2-5,13H,6-10,14H2,1H3. The Morgan fingerprint density at radius 3 is 2.42 bits per heavy atom. The van der Waals surface area contributed by atoms with E-state index in [9.17, 15) is 8.42 Å². The molecule has 0 aliphatic heterocycles. The van der Waals surface area contributed by atoms with Gasteiger partial charge in [0.2, 0.25) is 10.0 Å². The molecule has 5 nitrogen and oxygen atoms in total. The zero-order chi connectivity index (χ0) is 13.9. The summed E-state index contributed by atoms with van der Waals surface area (Å²) in [5, 5.41) is 0. The number of anilines is 1. The number of ether oxygens (including phenoxy) is 1. The van der Waals surface area contributed by atoms with Crippen LogP contribution in [-0.4, -0.2) is 33.9 Å². The van der Waals surface area contributed by atoms with Gasteiger partial charge in [-0.3, -0.25) is 4.31 Å². The molecule has 19 heavy (non-hydrogen) atoms. The topological polar surface area (TPSA) is 72.6 Å². The Morgan fingerprint density at radius 1 is 1.32 bits per heavy atom. The molecule has 0 spiro atoms. The first-order valence-corrected chi connectivity index (χ1v) is 7.99. The van der Waals surface area contributed by atoms with E-state index in [-0.39, 0.29) is 18.4 Å². The van der Waals surface area contributed by atoms with Crippen LogP contribution in [0.25, 0.3) is 0 Å². The van der Waals surface area contributed by atoms with Crippen LogP contribution in [0.4, 0.5) is 5.69 Å². The number of hydrogen-bond acceptors (Lipinski definition) is 4. The van der Waals surface area contributed by atoms with Gasteiger partial charge in [0.25, 0.3) is 0 Å². The Hall–Kier alpha value is -1.11. The lowest BCUT2D eigenvalue weighted by Crippen LogP contribution is -2.36. The van der Waals surface area contributed by atoms with Crippen molar-refractivity contribution in [3.8, 4) is 0 Å². The molecule has 2 rings (SSSR count). The molecule has 1 aliphatic rings. The van der Waals surface area contributed by atoms with Gasteiger partial charge in [0.15, 0.2) is 0 Å². The molecule has 2 N–H and O–H groups in total. The molecule has 0 heterocycles. The van der Waals surface area contributed by atoms with Crippen molar-refractivity contribution in [2.24, 2.45) is 5.73 Å². The van der Waals surface area contributed by atoms with Crippen molar-refractivity contribution < 1.29 is 13.2 Å². The number of rotatable bonds is 7. The summed E-state index contributed by atoms with van der Waals surface area (Å²) >= 11 is 0. The summed E-state index contributed by atoms with van der Waals surface area (Å²) < 4.78 is 31.1. The average Bonchev–Trinajstić information content (AvgIpc) is 3.22. The van der Waals surface area contributed by atoms with Gasteiger partial charge in [-0.15, -0.1) is 0 Å². The van der Waals surface area contributed by atoms with Crippen molar-refractivity contribution >= 4 is 15.7 Å². The van der Waals surface area contributed by atoms with E-state index in [0.29, 0.717) is 6.54 Å². The molecular weight excluding hydrogens is 264 g/mol. The van der Waals surface area contributed by atoms with Gasteiger partial charge in [0, 0.05) is 19.7 Å². The fraction of sp³-hybridized carbons (Fsp3) is 0.538. The van der Waals surface area contributed by atoms with Gasteiger partial charge in [0.05, 0.1) is 18.0 Å². The summed E-state index contributed by atoms with van der Waals surface area (Å²) in [5.74, 6) is 0.0125. The Bertz CT molecular complexity index is 509. The van der Waals surface area contributed by atoms with Gasteiger partial charge in [-0.25, -0.2) is 8.42 Å². The Kier molecular flexibility index (Phi) is 4.44. The van der Waals surface area contributed by atoms with Gasteiger partial charge in [-0.1, -0.05) is 12.1 Å². The molecule has 0 saturated heterocycles. The Labute approximate surface area is 114 Å². The minimum atomic E-state index is -3.32. The SMILES string of the molecule is COCCS(=O)(=O)N(c1ccc(CN)cc1)C1CC1. The van der Waals surface area contributed by atoms with E-state index < -0.39 is 10.0 Å². The number of hydrogen-bond donors (Lipinski definition) is 1. The quantitative estimate of drug-likeness (QED) is 0.813. The minimum absolute atomic E-state index is 0.0125. The largest absolute Gasteiger partial charge is 0.384 e. The summed E-state index contributed by atoms with van der Waals surface area (Å²) in [6.07, 6.45) is 1.84. The van der Waals surface area contributed by atoms with Crippen LogP contribution in [0.5, 0.6) is 0 Å². The molecule has 1 aromatic carbocycles. The van der Waals surface area contributed by atoms with Crippen molar-refractivity contribution in [2.75, 3.05) is 23.8 Å². The van der Waals surface area contributed by atoms with Crippen LogP contribution < -0.4 is 10.0 Å². The van der Waals surface area contributed by atoms with Gasteiger partial charge in [0.1, 0.15) is 0 Å². The molecule has 1 saturated carbocycles. The summed E-state index contributed by atoms with van der Waals surface area (Å²) in [6, 6.07) is 7.49. The van der Waals surface area contributed by atoms with Crippen LogP contribution in [0.2, 0.25) is 0 Å². The zero-order valence-electron chi connectivity index (χ0n) is 11.1. The van der Waals surface area contributed by atoms with Crippen LogP contribution in [-0.2, 0) is 21.3 Å². The summed E-state index contributed by atoms with van der Waals surface area (Å²) in [4.78, 5) is 0. The number of sulfonamides is 1. The smallest absolute Gasteiger partial charge is 0.237 e. The molecule has 6 heteroatoms. The molecule has 1 aromatic rings. The highest BCUT2D eigenvalue weighted by molar-refractivity contribution is 7.92. The fourth-order valence-electron chi connectivity index (χ4n) is 1.97. The molecule has 106 valence electrons. The van der Waals surface area contributed by atoms with E-state index >= 15 is 0 Å². The maximum atomic E-state index is 12.3. The summed E-state index contributed by atoms with van der Waals surface area (Å²) in [5.41, 5.74) is 7.26. The van der Waals surface area contributed by atoms with Gasteiger partial charge < -0.3 is 10.5 Å². The van der Waals surface area contributed by atoms with E-state index in [0.717, 1.165) is 24.1 Å². The fourth-order valence-corrected chi connectivity index (χ4v) is 3.66. The first-order valence-electron chi connectivity index (χ1n) is 6.38. The number of benzene rings is 1. The molecule has 0 radical (unpaired) electrons. The van der Waals surface area contributed by atoms with Crippen molar-refractivity contribution in [3.63, 3.8) is 0 Å². The second-order valence-electron chi connectivity index (χ2n) is 4.71. The normalized spacial score (nSPS) is 15.5. The van der Waals surface area contributed by atoms with Crippen LogP contribution in [0.3, 0.4) is 0 Å². The van der Waals surface area contributed by atoms with Crippen molar-refractivity contribution in [3.05, 3.63) is 29.8 Å². The molecular formula is C13H20N2O3S. The third kappa shape index (κ3) is 3.46. The van der Waals surface area contributed by atoms with Crippen molar-refractivity contribution in [2.45, 2.75) is 25.4 Å². The zero-order valence-corrected chi connectivity index (χ0v) is 11.9. The molecule has 1 aliphatic carbocycles. The molecule has 0 bridgehead atoms. The summed E-state index contributed by atoms with van der Waals surface area (Å²) in [7, 11) is -1.81. The van der Waals surface area contributed by atoms with Crippen LogP contribution >= 0.6 is 0 Å². The Balaban J connectivity index is 2.24. The van der Waals surface area contributed by atoms with E-state index in [2.05, 4.69) is 0 Å². The van der Waals surface area contributed by atoms with Gasteiger partial charge in [-0.2, -0.15) is 0 Å². The van der Waals surface area contributed by atoms with Crippen LogP contribution in [0.1, 0.15) is 18.4 Å². The summed E-state index contributed by atoms with van der Waals surface area (Å²) in [6.45, 7) is 0.673. The first kappa shape index (κ1) is 14.3. The Morgan fingerprint density at radius 2 is 1.95 bits per heavy atom.